The van der Waals surface area contributed by atoms with E-state index in [0.29, 0.717) is 61.8 Å². The average molecular weight is 768 g/mol. The molecular weight excluding hydrogens is 719 g/mol. The van der Waals surface area contributed by atoms with Crippen molar-refractivity contribution in [3.63, 3.8) is 0 Å². The van der Waals surface area contributed by atoms with Gasteiger partial charge in [-0.25, -0.2) is 4.79 Å². The smallest absolute Gasteiger partial charge is 0.415 e. The Kier molecular flexibility index (Phi) is 10.6. The first-order chi connectivity index (χ1) is 27.5. The summed E-state index contributed by atoms with van der Waals surface area (Å²) >= 11 is 0. The van der Waals surface area contributed by atoms with Crippen molar-refractivity contribution in [3.05, 3.63) is 136 Å². The molecule has 4 aromatic carbocycles. The number of phenols is 1. The van der Waals surface area contributed by atoms with E-state index in [4.69, 9.17) is 9.47 Å². The quantitative estimate of drug-likeness (QED) is 0.195. The Balaban J connectivity index is 1.18. The van der Waals surface area contributed by atoms with Crippen LogP contribution in [-0.4, -0.2) is 94.8 Å². The van der Waals surface area contributed by atoms with E-state index in [1.54, 1.807) is 53.2 Å². The summed E-state index contributed by atoms with van der Waals surface area (Å²) < 4.78 is 13.4. The number of carbonyl (C=O) groups excluding carboxylic acids is 3. The van der Waals surface area contributed by atoms with Gasteiger partial charge >= 0.3 is 6.09 Å². The fourth-order valence-corrected chi connectivity index (χ4v) is 8.30. The maximum Gasteiger partial charge on any atom is 0.415 e. The van der Waals surface area contributed by atoms with Gasteiger partial charge in [-0.1, -0.05) is 42.0 Å². The Hall–Kier alpha value is -5.91. The van der Waals surface area contributed by atoms with Gasteiger partial charge in [0.05, 0.1) is 18.8 Å². The maximum atomic E-state index is 15.4. The van der Waals surface area contributed by atoms with Gasteiger partial charge in [-0.2, -0.15) is 0 Å². The molecule has 0 spiro atoms. The van der Waals surface area contributed by atoms with E-state index in [2.05, 4.69) is 29.2 Å². The van der Waals surface area contributed by atoms with E-state index in [-0.39, 0.29) is 23.6 Å². The van der Waals surface area contributed by atoms with Gasteiger partial charge in [0.2, 0.25) is 0 Å². The third kappa shape index (κ3) is 7.77. The summed E-state index contributed by atoms with van der Waals surface area (Å²) in [6.45, 7) is 8.84. The van der Waals surface area contributed by atoms with E-state index < -0.39 is 6.09 Å². The maximum absolute atomic E-state index is 15.4. The van der Waals surface area contributed by atoms with Crippen molar-refractivity contribution < 1.29 is 29.0 Å². The molecule has 8 rings (SSSR count). The standard InChI is InChI=1S/C46H49N5O6/c1-30-9-15-39(16-10-30)57-46(55)50-18-17-33-24-41(43-26-40(31(2)47(43)3)44(53)48(4)36-11-13-38(52)14-12-36)42(25-35(33)27-50)45(54)51-28-34-8-6-5-7-32(34)23-37(51)29-49-19-21-56-22-20-49/h5-16,24-26,37,52H,17-23,27-29H2,1-4H3. The summed E-state index contributed by atoms with van der Waals surface area (Å²) in [4.78, 5) is 50.5. The number of benzene rings is 4. The lowest BCUT2D eigenvalue weighted by Crippen LogP contribution is -2.52. The molecule has 11 heteroatoms. The van der Waals surface area contributed by atoms with Crippen molar-refractivity contribution in [2.45, 2.75) is 45.8 Å². The second-order valence-corrected chi connectivity index (χ2v) is 15.5. The molecule has 1 aromatic heterocycles. The third-order valence-corrected chi connectivity index (χ3v) is 11.8. The molecular formula is C46H49N5O6. The van der Waals surface area contributed by atoms with Crippen LogP contribution < -0.4 is 9.64 Å². The topological polar surface area (TPSA) is 108 Å². The summed E-state index contributed by atoms with van der Waals surface area (Å²) in [5.41, 5.74) is 9.36. The van der Waals surface area contributed by atoms with E-state index in [1.165, 1.54) is 5.56 Å². The average Bonchev–Trinajstić information content (AvgIpc) is 3.53. The molecule has 1 saturated heterocycles. The van der Waals surface area contributed by atoms with Gasteiger partial charge in [0, 0.05) is 87.6 Å². The van der Waals surface area contributed by atoms with Gasteiger partial charge in [-0.15, -0.1) is 0 Å². The molecule has 0 radical (unpaired) electrons. The number of nitrogens with zero attached hydrogens (tertiary/aromatic N) is 5. The molecule has 0 saturated carbocycles. The molecule has 0 bridgehead atoms. The molecule has 1 N–H and O–H groups in total. The van der Waals surface area contributed by atoms with Crippen molar-refractivity contribution in [2.75, 3.05) is 51.3 Å². The first kappa shape index (κ1) is 38.0. The molecule has 4 heterocycles. The summed E-state index contributed by atoms with van der Waals surface area (Å²) in [6, 6.07) is 28.2. The van der Waals surface area contributed by atoms with Crippen LogP contribution in [-0.2, 0) is 37.7 Å². The van der Waals surface area contributed by atoms with Gasteiger partial charge in [-0.05, 0) is 104 Å². The van der Waals surface area contributed by atoms with Crippen molar-refractivity contribution in [1.29, 1.82) is 0 Å². The van der Waals surface area contributed by atoms with Crippen LogP contribution in [0.3, 0.4) is 0 Å². The van der Waals surface area contributed by atoms with E-state index in [1.807, 2.05) is 60.7 Å². The second-order valence-electron chi connectivity index (χ2n) is 15.5. The first-order valence-corrected chi connectivity index (χ1v) is 19.6. The van der Waals surface area contributed by atoms with Crippen LogP contribution in [0, 0.1) is 13.8 Å². The molecule has 57 heavy (non-hydrogen) atoms. The van der Waals surface area contributed by atoms with Crippen LogP contribution >= 0.6 is 0 Å². The Bertz CT molecular complexity index is 2310. The fraction of sp³-hybridized carbons (Fsp3) is 0.326. The number of aromatic nitrogens is 1. The molecule has 11 nitrogen and oxygen atoms in total. The lowest BCUT2D eigenvalue weighted by atomic mass is 9.89. The number of rotatable bonds is 7. The zero-order chi connectivity index (χ0) is 39.8. The monoisotopic (exact) mass is 767 g/mol. The van der Waals surface area contributed by atoms with Crippen LogP contribution in [0.1, 0.15) is 54.2 Å². The van der Waals surface area contributed by atoms with Gasteiger partial charge in [-0.3, -0.25) is 14.5 Å². The normalized spacial score (nSPS) is 16.8. The number of hydrogen-bond acceptors (Lipinski definition) is 7. The van der Waals surface area contributed by atoms with Crippen LogP contribution in [0.5, 0.6) is 11.5 Å². The minimum atomic E-state index is -0.432. The molecule has 3 aliphatic rings. The minimum Gasteiger partial charge on any atom is -0.508 e. The molecule has 1 fully saturated rings. The van der Waals surface area contributed by atoms with Gasteiger partial charge in [0.15, 0.2) is 0 Å². The molecule has 3 amide bonds. The number of hydrogen-bond donors (Lipinski definition) is 1. The zero-order valence-corrected chi connectivity index (χ0v) is 33.0. The third-order valence-electron chi connectivity index (χ3n) is 11.8. The van der Waals surface area contributed by atoms with Crippen LogP contribution in [0.4, 0.5) is 10.5 Å². The van der Waals surface area contributed by atoms with Crippen molar-refractivity contribution in [3.8, 4) is 22.8 Å². The van der Waals surface area contributed by atoms with E-state index in [9.17, 15) is 14.7 Å². The summed E-state index contributed by atoms with van der Waals surface area (Å²) in [7, 11) is 3.64. The first-order valence-electron chi connectivity index (χ1n) is 19.6. The zero-order valence-electron chi connectivity index (χ0n) is 33.0. The highest BCUT2D eigenvalue weighted by Gasteiger charge is 2.35. The van der Waals surface area contributed by atoms with Crippen molar-refractivity contribution >= 4 is 23.6 Å². The number of aryl methyl sites for hydroxylation is 1. The van der Waals surface area contributed by atoms with E-state index >= 15 is 4.79 Å². The molecule has 1 unspecified atom stereocenters. The fourth-order valence-electron chi connectivity index (χ4n) is 8.30. The predicted molar refractivity (Wildman–Crippen MR) is 219 cm³/mol. The number of fused-ring (bicyclic) bond motifs is 2. The van der Waals surface area contributed by atoms with Crippen molar-refractivity contribution in [2.24, 2.45) is 7.05 Å². The lowest BCUT2D eigenvalue weighted by molar-refractivity contribution is 0.0193. The number of phenolic OH excluding ortho intramolecular Hbond substituents is 1. The Morgan fingerprint density at radius 1 is 0.825 bits per heavy atom. The van der Waals surface area contributed by atoms with Crippen LogP contribution in [0.25, 0.3) is 11.3 Å². The number of anilines is 1. The number of morpholine rings is 1. The lowest BCUT2D eigenvalue weighted by Gasteiger charge is -2.41. The van der Waals surface area contributed by atoms with Gasteiger partial charge in [0.25, 0.3) is 11.8 Å². The van der Waals surface area contributed by atoms with Gasteiger partial charge in [0.1, 0.15) is 11.5 Å². The predicted octanol–water partition coefficient (Wildman–Crippen LogP) is 6.75. The number of aromatic hydroxyl groups is 1. The van der Waals surface area contributed by atoms with Crippen LogP contribution in [0.15, 0.2) is 91.0 Å². The Morgan fingerprint density at radius 2 is 1.54 bits per heavy atom. The number of ether oxygens (including phenoxy) is 2. The van der Waals surface area contributed by atoms with E-state index in [0.717, 1.165) is 65.3 Å². The van der Waals surface area contributed by atoms with Gasteiger partial charge < -0.3 is 33.8 Å². The van der Waals surface area contributed by atoms with Crippen molar-refractivity contribution in [1.82, 2.24) is 19.3 Å². The molecule has 3 aliphatic heterocycles. The highest BCUT2D eigenvalue weighted by Crippen LogP contribution is 2.36. The Labute approximate surface area is 333 Å². The number of carbonyl (C=O) groups is 3. The Morgan fingerprint density at radius 3 is 2.28 bits per heavy atom. The molecule has 5 aromatic rings. The summed E-state index contributed by atoms with van der Waals surface area (Å²) in [5, 5.41) is 9.84. The minimum absolute atomic E-state index is 0.0680. The molecule has 294 valence electrons. The second kappa shape index (κ2) is 15.9. The molecule has 1 atom stereocenters. The largest absolute Gasteiger partial charge is 0.508 e. The van der Waals surface area contributed by atoms with Crippen LogP contribution in [0.2, 0.25) is 0 Å². The molecule has 0 aliphatic carbocycles. The summed E-state index contributed by atoms with van der Waals surface area (Å²) in [5.74, 6) is 0.317. The number of amides is 3. The SMILES string of the molecule is Cc1ccc(OC(=O)N2CCc3cc(-c4cc(C(=O)N(C)c5ccc(O)cc5)c(C)n4C)c(C(=O)N4Cc5ccccc5CC4CN4CCOCC4)cc3C2)cc1. The highest BCUT2D eigenvalue weighted by atomic mass is 16.6. The highest BCUT2D eigenvalue weighted by molar-refractivity contribution is 6.08. The summed E-state index contributed by atoms with van der Waals surface area (Å²) in [6.07, 6.45) is 0.887.